The molecule has 0 bridgehead atoms. The fraction of sp³-hybridized carbons (Fsp3) is 0.0909. The molecule has 3 rings (SSSR count). The number of aromatic nitrogens is 1. The molecule has 0 aliphatic rings. The van der Waals surface area contributed by atoms with Crippen LogP contribution in [0.4, 0.5) is 0 Å². The SMILES string of the molecule is Cc1nc(/C=C(\NC(=O)c2ccc(C(=O)NCc3cccc(O)c3)cc2Br)C(=O)O)cs1. The third-order valence-corrected chi connectivity index (χ3v) is 5.69. The van der Waals surface area contributed by atoms with Gasteiger partial charge in [0.15, 0.2) is 0 Å². The van der Waals surface area contributed by atoms with Gasteiger partial charge in [0.05, 0.1) is 16.3 Å². The highest BCUT2D eigenvalue weighted by Gasteiger charge is 2.18. The summed E-state index contributed by atoms with van der Waals surface area (Å²) in [6, 6.07) is 10.9. The molecule has 10 heteroatoms. The molecule has 0 spiro atoms. The molecule has 0 saturated carbocycles. The van der Waals surface area contributed by atoms with Gasteiger partial charge in [-0.3, -0.25) is 9.59 Å². The summed E-state index contributed by atoms with van der Waals surface area (Å²) >= 11 is 4.63. The molecule has 32 heavy (non-hydrogen) atoms. The van der Waals surface area contributed by atoms with Crippen LogP contribution >= 0.6 is 27.3 Å². The van der Waals surface area contributed by atoms with E-state index in [-0.39, 0.29) is 29.5 Å². The number of benzene rings is 2. The smallest absolute Gasteiger partial charge is 0.352 e. The van der Waals surface area contributed by atoms with E-state index >= 15 is 0 Å². The van der Waals surface area contributed by atoms with E-state index < -0.39 is 11.9 Å². The minimum absolute atomic E-state index is 0.106. The maximum Gasteiger partial charge on any atom is 0.352 e. The Kier molecular flexibility index (Phi) is 7.39. The number of carbonyl (C=O) groups excluding carboxylic acids is 2. The van der Waals surface area contributed by atoms with Gasteiger partial charge in [-0.15, -0.1) is 11.3 Å². The Bertz CT molecular complexity index is 1220. The minimum atomic E-state index is -1.30. The van der Waals surface area contributed by atoms with Gasteiger partial charge in [0.25, 0.3) is 11.8 Å². The van der Waals surface area contributed by atoms with Gasteiger partial charge < -0.3 is 20.8 Å². The molecule has 2 amide bonds. The number of carboxylic acid groups (broad SMARTS) is 1. The van der Waals surface area contributed by atoms with Crippen molar-refractivity contribution in [2.45, 2.75) is 13.5 Å². The van der Waals surface area contributed by atoms with Crippen LogP contribution in [0.2, 0.25) is 0 Å². The average molecular weight is 516 g/mol. The van der Waals surface area contributed by atoms with Crippen LogP contribution in [0.15, 0.2) is 58.0 Å². The van der Waals surface area contributed by atoms with E-state index in [0.717, 1.165) is 10.6 Å². The van der Waals surface area contributed by atoms with Crippen molar-refractivity contribution in [3.8, 4) is 5.75 Å². The molecule has 0 unspecified atom stereocenters. The number of rotatable bonds is 7. The first-order chi connectivity index (χ1) is 15.2. The first kappa shape index (κ1) is 23.2. The van der Waals surface area contributed by atoms with Crippen molar-refractivity contribution in [2.24, 2.45) is 0 Å². The summed E-state index contributed by atoms with van der Waals surface area (Å²) in [7, 11) is 0. The Balaban J connectivity index is 1.70. The summed E-state index contributed by atoms with van der Waals surface area (Å²) in [6.45, 7) is 2.01. The van der Waals surface area contributed by atoms with Crippen LogP contribution in [0.3, 0.4) is 0 Å². The Morgan fingerprint density at radius 1 is 1.16 bits per heavy atom. The molecule has 1 aromatic heterocycles. The summed E-state index contributed by atoms with van der Waals surface area (Å²) in [5, 5.41) is 26.5. The maximum absolute atomic E-state index is 12.6. The zero-order chi connectivity index (χ0) is 23.3. The van der Waals surface area contributed by atoms with Crippen LogP contribution in [-0.4, -0.2) is 33.0 Å². The third-order valence-electron chi connectivity index (χ3n) is 4.25. The largest absolute Gasteiger partial charge is 0.508 e. The molecule has 0 aliphatic heterocycles. The number of nitrogens with one attached hydrogen (secondary N) is 2. The summed E-state index contributed by atoms with van der Waals surface area (Å²) in [5.41, 5.74) is 1.32. The quantitative estimate of drug-likeness (QED) is 0.355. The number of aliphatic carboxylic acids is 1. The predicted molar refractivity (Wildman–Crippen MR) is 123 cm³/mol. The second kappa shape index (κ2) is 10.2. The minimum Gasteiger partial charge on any atom is -0.508 e. The van der Waals surface area contributed by atoms with Gasteiger partial charge in [0.1, 0.15) is 11.4 Å². The molecule has 3 aromatic rings. The number of thiazole rings is 1. The Morgan fingerprint density at radius 2 is 1.94 bits per heavy atom. The van der Waals surface area contributed by atoms with Crippen molar-refractivity contribution >= 4 is 51.1 Å². The summed E-state index contributed by atoms with van der Waals surface area (Å²) in [6.07, 6.45) is 1.28. The molecule has 0 aliphatic carbocycles. The second-order valence-electron chi connectivity index (χ2n) is 6.66. The van der Waals surface area contributed by atoms with E-state index in [2.05, 4.69) is 31.5 Å². The lowest BCUT2D eigenvalue weighted by atomic mass is 10.1. The average Bonchev–Trinajstić information content (AvgIpc) is 3.16. The monoisotopic (exact) mass is 515 g/mol. The third kappa shape index (κ3) is 6.02. The molecular formula is C22H18BrN3O5S. The lowest BCUT2D eigenvalue weighted by Gasteiger charge is -2.10. The van der Waals surface area contributed by atoms with E-state index in [9.17, 15) is 24.6 Å². The van der Waals surface area contributed by atoms with Crippen molar-refractivity contribution in [1.82, 2.24) is 15.6 Å². The standard InChI is InChI=1S/C22H18BrN3O5S/c1-12-25-15(11-32-12)9-19(22(30)31)26-21(29)17-6-5-14(8-18(17)23)20(28)24-10-13-3-2-4-16(27)7-13/h2-9,11,27H,10H2,1H3,(H,24,28)(H,26,29)(H,30,31)/b19-9-. The number of halogens is 1. The number of amides is 2. The van der Waals surface area contributed by atoms with E-state index in [4.69, 9.17) is 0 Å². The molecule has 0 atom stereocenters. The van der Waals surface area contributed by atoms with Crippen molar-refractivity contribution in [1.29, 1.82) is 0 Å². The van der Waals surface area contributed by atoms with E-state index in [1.165, 1.54) is 41.7 Å². The van der Waals surface area contributed by atoms with Gasteiger partial charge in [-0.2, -0.15) is 0 Å². The van der Waals surface area contributed by atoms with Crippen molar-refractivity contribution in [3.05, 3.63) is 85.4 Å². The molecule has 1 heterocycles. The van der Waals surface area contributed by atoms with Crippen LogP contribution in [-0.2, 0) is 11.3 Å². The van der Waals surface area contributed by atoms with Gasteiger partial charge in [-0.05, 0) is 64.8 Å². The first-order valence-corrected chi connectivity index (χ1v) is 10.9. The fourth-order valence-corrected chi connectivity index (χ4v) is 3.86. The molecule has 0 radical (unpaired) electrons. The summed E-state index contributed by atoms with van der Waals surface area (Å²) < 4.78 is 0.328. The highest BCUT2D eigenvalue weighted by Crippen LogP contribution is 2.20. The topological polar surface area (TPSA) is 129 Å². The number of hydrogen-bond acceptors (Lipinski definition) is 6. The van der Waals surface area contributed by atoms with Crippen LogP contribution in [0, 0.1) is 6.92 Å². The number of phenols is 1. The first-order valence-electron chi connectivity index (χ1n) is 9.27. The Hall–Kier alpha value is -3.50. The van der Waals surface area contributed by atoms with Gasteiger partial charge in [0.2, 0.25) is 0 Å². The summed E-state index contributed by atoms with van der Waals surface area (Å²) in [4.78, 5) is 40.7. The zero-order valence-electron chi connectivity index (χ0n) is 16.8. The lowest BCUT2D eigenvalue weighted by molar-refractivity contribution is -0.132. The van der Waals surface area contributed by atoms with Crippen LogP contribution in [0.25, 0.3) is 6.08 Å². The Morgan fingerprint density at radius 3 is 2.56 bits per heavy atom. The number of carboxylic acids is 1. The molecule has 164 valence electrons. The normalized spacial score (nSPS) is 11.1. The van der Waals surface area contributed by atoms with Crippen molar-refractivity contribution in [3.63, 3.8) is 0 Å². The van der Waals surface area contributed by atoms with E-state index in [1.807, 2.05) is 0 Å². The zero-order valence-corrected chi connectivity index (χ0v) is 19.2. The second-order valence-corrected chi connectivity index (χ2v) is 8.57. The van der Waals surface area contributed by atoms with Crippen LogP contribution < -0.4 is 10.6 Å². The highest BCUT2D eigenvalue weighted by atomic mass is 79.9. The molecular weight excluding hydrogens is 498 g/mol. The maximum atomic E-state index is 12.6. The van der Waals surface area contributed by atoms with Gasteiger partial charge in [-0.1, -0.05) is 12.1 Å². The van der Waals surface area contributed by atoms with Gasteiger partial charge in [-0.25, -0.2) is 9.78 Å². The molecule has 8 nitrogen and oxygen atoms in total. The molecule has 4 N–H and O–H groups in total. The predicted octanol–water partition coefficient (Wildman–Crippen LogP) is 3.71. The number of phenolic OH excluding ortho intramolecular Hbond substituents is 1. The molecule has 0 saturated heterocycles. The Labute approximate surface area is 195 Å². The van der Waals surface area contributed by atoms with Crippen LogP contribution in [0.5, 0.6) is 5.75 Å². The molecule has 0 fully saturated rings. The molecule has 2 aromatic carbocycles. The fourth-order valence-electron chi connectivity index (χ4n) is 2.73. The number of nitrogens with zero attached hydrogens (tertiary/aromatic N) is 1. The lowest BCUT2D eigenvalue weighted by Crippen LogP contribution is -2.28. The van der Waals surface area contributed by atoms with Crippen molar-refractivity contribution in [2.75, 3.05) is 0 Å². The van der Waals surface area contributed by atoms with E-state index in [1.54, 1.807) is 30.5 Å². The number of carbonyl (C=O) groups is 3. The number of aromatic hydroxyl groups is 1. The van der Waals surface area contributed by atoms with Gasteiger partial charge in [0, 0.05) is 22.0 Å². The number of hydrogen-bond donors (Lipinski definition) is 4. The summed E-state index contributed by atoms with van der Waals surface area (Å²) in [5.74, 6) is -2.21. The van der Waals surface area contributed by atoms with Crippen LogP contribution in [0.1, 0.15) is 37.0 Å². The number of aryl methyl sites for hydroxylation is 1. The van der Waals surface area contributed by atoms with Gasteiger partial charge >= 0.3 is 5.97 Å². The highest BCUT2D eigenvalue weighted by molar-refractivity contribution is 9.10. The van der Waals surface area contributed by atoms with E-state index in [0.29, 0.717) is 15.7 Å². The van der Waals surface area contributed by atoms with Crippen molar-refractivity contribution < 1.29 is 24.6 Å².